The number of phenols is 1. The Hall–Kier alpha value is -2.88. The highest BCUT2D eigenvalue weighted by atomic mass is 127. The molecule has 31 heavy (non-hydrogen) atoms. The van der Waals surface area contributed by atoms with Gasteiger partial charge in [-0.3, -0.25) is 10.1 Å². The molecule has 2 atom stereocenters. The molecule has 0 saturated carbocycles. The first-order chi connectivity index (χ1) is 14.7. The molecule has 2 rings (SSSR count). The van der Waals surface area contributed by atoms with Crippen molar-refractivity contribution in [1.82, 2.24) is 0 Å². The van der Waals surface area contributed by atoms with Crippen molar-refractivity contribution in [2.24, 2.45) is 5.92 Å². The molecule has 8 heteroatoms. The molecule has 7 nitrogen and oxygen atoms in total. The third kappa shape index (κ3) is 7.71. The number of ether oxygens (including phenoxy) is 1. The molecule has 0 unspecified atom stereocenters. The minimum Gasteiger partial charge on any atom is -0.508 e. The second-order valence-electron chi connectivity index (χ2n) is 7.08. The Morgan fingerprint density at radius 2 is 1.84 bits per heavy atom. The van der Waals surface area contributed by atoms with Gasteiger partial charge in [0.1, 0.15) is 11.9 Å². The summed E-state index contributed by atoms with van der Waals surface area (Å²) < 4.78 is 6.55. The number of rotatable bonds is 9. The number of halogens is 1. The highest BCUT2D eigenvalue weighted by molar-refractivity contribution is 14.1. The van der Waals surface area contributed by atoms with Gasteiger partial charge in [-0.1, -0.05) is 13.0 Å². The molecular formula is C23H24INO6. The highest BCUT2D eigenvalue weighted by Crippen LogP contribution is 2.36. The van der Waals surface area contributed by atoms with E-state index >= 15 is 0 Å². The molecule has 0 bridgehead atoms. The van der Waals surface area contributed by atoms with Crippen LogP contribution in [0.5, 0.6) is 5.75 Å². The summed E-state index contributed by atoms with van der Waals surface area (Å²) in [7, 11) is 0. The van der Waals surface area contributed by atoms with E-state index in [1.54, 1.807) is 48.5 Å². The zero-order chi connectivity index (χ0) is 23.0. The van der Waals surface area contributed by atoms with Crippen LogP contribution in [-0.2, 0) is 9.53 Å². The number of aromatic hydroxyl groups is 1. The number of phenolic OH excluding ortho intramolecular Hbond substituents is 1. The predicted octanol–water partition coefficient (Wildman–Crippen LogP) is 5.55. The number of ketones is 1. The summed E-state index contributed by atoms with van der Waals surface area (Å²) in [4.78, 5) is 34.6. The Kier molecular flexibility index (Phi) is 9.04. The van der Waals surface area contributed by atoms with E-state index in [9.17, 15) is 19.5 Å². The maximum Gasteiger partial charge on any atom is 0.412 e. The van der Waals surface area contributed by atoms with Crippen LogP contribution < -0.4 is 5.32 Å². The molecule has 0 fully saturated rings. The molecule has 0 aromatic heterocycles. The number of benzene rings is 2. The number of carboxylic acid groups (broad SMARTS) is 1. The molecule has 0 aliphatic heterocycles. The molecular weight excluding hydrogens is 513 g/mol. The summed E-state index contributed by atoms with van der Waals surface area (Å²) >= 11 is 2.11. The van der Waals surface area contributed by atoms with Crippen molar-refractivity contribution in [1.29, 1.82) is 0 Å². The molecule has 0 heterocycles. The SMILES string of the molecule is CC(=O)c1ccc(NC(=O)O[C@H](c2cc(I)ccc2O)[C@@H](C)CC/C=C/C(=O)O)cc1. The smallest absolute Gasteiger partial charge is 0.412 e. The molecule has 0 spiro atoms. The number of aliphatic carboxylic acids is 1. The minimum atomic E-state index is -1.02. The Morgan fingerprint density at radius 1 is 1.16 bits per heavy atom. The first kappa shape index (κ1) is 24.4. The first-order valence-electron chi connectivity index (χ1n) is 9.64. The molecule has 0 aliphatic carbocycles. The van der Waals surface area contributed by atoms with Crippen LogP contribution in [0.4, 0.5) is 10.5 Å². The molecule has 2 aromatic rings. The zero-order valence-electron chi connectivity index (χ0n) is 17.2. The van der Waals surface area contributed by atoms with Crippen molar-refractivity contribution >= 4 is 46.1 Å². The number of anilines is 1. The molecule has 2 aromatic carbocycles. The van der Waals surface area contributed by atoms with Gasteiger partial charge in [0, 0.05) is 26.5 Å². The third-order valence-electron chi connectivity index (χ3n) is 4.63. The molecule has 0 radical (unpaired) electrons. The van der Waals surface area contributed by atoms with E-state index in [0.29, 0.717) is 29.7 Å². The highest BCUT2D eigenvalue weighted by Gasteiger charge is 2.26. The van der Waals surface area contributed by atoms with Gasteiger partial charge < -0.3 is 14.9 Å². The normalized spacial score (nSPS) is 12.9. The van der Waals surface area contributed by atoms with E-state index in [2.05, 4.69) is 27.9 Å². The van der Waals surface area contributed by atoms with E-state index in [-0.39, 0.29) is 17.5 Å². The standard InChI is InChI=1S/C23H24INO6/c1-14(5-3-4-6-21(28)29)22(19-13-17(24)9-12-20(19)27)31-23(30)25-18-10-7-16(8-11-18)15(2)26/h4,6-14,22,27H,3,5H2,1-2H3,(H,25,30)(H,28,29)/b6-4+/t14-,22-/m0/s1. The topological polar surface area (TPSA) is 113 Å². The second-order valence-corrected chi connectivity index (χ2v) is 8.33. The summed E-state index contributed by atoms with van der Waals surface area (Å²) in [6.07, 6.45) is 2.19. The lowest BCUT2D eigenvalue weighted by Gasteiger charge is -2.25. The number of hydrogen-bond acceptors (Lipinski definition) is 5. The van der Waals surface area contributed by atoms with Gasteiger partial charge in [0.05, 0.1) is 0 Å². The third-order valence-corrected chi connectivity index (χ3v) is 5.30. The zero-order valence-corrected chi connectivity index (χ0v) is 19.3. The first-order valence-corrected chi connectivity index (χ1v) is 10.7. The van der Waals surface area contributed by atoms with Crippen molar-refractivity contribution in [2.75, 3.05) is 5.32 Å². The van der Waals surface area contributed by atoms with Gasteiger partial charge in [-0.2, -0.15) is 0 Å². The minimum absolute atomic E-state index is 0.0111. The molecule has 0 aliphatic rings. The van der Waals surface area contributed by atoms with Crippen LogP contribution in [0.25, 0.3) is 0 Å². The van der Waals surface area contributed by atoms with Crippen LogP contribution in [0.3, 0.4) is 0 Å². The summed E-state index contributed by atoms with van der Waals surface area (Å²) in [5.74, 6) is -1.29. The number of allylic oxidation sites excluding steroid dienone is 1. The fourth-order valence-corrected chi connectivity index (χ4v) is 3.50. The van der Waals surface area contributed by atoms with Crippen LogP contribution in [0.2, 0.25) is 0 Å². The van der Waals surface area contributed by atoms with Gasteiger partial charge in [0.2, 0.25) is 0 Å². The van der Waals surface area contributed by atoms with Crippen molar-refractivity contribution in [3.63, 3.8) is 0 Å². The Labute approximate surface area is 194 Å². The molecule has 3 N–H and O–H groups in total. The maximum atomic E-state index is 12.6. The average molecular weight is 537 g/mol. The second kappa shape index (κ2) is 11.5. The van der Waals surface area contributed by atoms with E-state index in [1.807, 2.05) is 6.92 Å². The molecule has 164 valence electrons. The monoisotopic (exact) mass is 537 g/mol. The van der Waals surface area contributed by atoms with E-state index in [0.717, 1.165) is 9.65 Å². The fraction of sp³-hybridized carbons (Fsp3) is 0.261. The Bertz CT molecular complexity index is 971. The summed E-state index contributed by atoms with van der Waals surface area (Å²) in [6, 6.07) is 11.5. The van der Waals surface area contributed by atoms with Crippen LogP contribution in [0.15, 0.2) is 54.6 Å². The van der Waals surface area contributed by atoms with Crippen LogP contribution in [0.1, 0.15) is 48.7 Å². The van der Waals surface area contributed by atoms with E-state index in [1.165, 1.54) is 6.92 Å². The fourth-order valence-electron chi connectivity index (χ4n) is 2.98. The number of carbonyl (C=O) groups excluding carboxylic acids is 2. The van der Waals surface area contributed by atoms with E-state index < -0.39 is 18.2 Å². The summed E-state index contributed by atoms with van der Waals surface area (Å²) in [5, 5.41) is 21.7. The lowest BCUT2D eigenvalue weighted by Crippen LogP contribution is -2.22. The number of hydrogen-bond donors (Lipinski definition) is 3. The lowest BCUT2D eigenvalue weighted by atomic mass is 9.92. The Balaban J connectivity index is 2.17. The number of carbonyl (C=O) groups is 3. The van der Waals surface area contributed by atoms with E-state index in [4.69, 9.17) is 9.84 Å². The van der Waals surface area contributed by atoms with Gasteiger partial charge in [-0.15, -0.1) is 0 Å². The average Bonchev–Trinajstić information content (AvgIpc) is 2.71. The van der Waals surface area contributed by atoms with Gasteiger partial charge in [0.15, 0.2) is 5.78 Å². The van der Waals surface area contributed by atoms with Gasteiger partial charge >= 0.3 is 12.1 Å². The summed E-state index contributed by atoms with van der Waals surface area (Å²) in [6.45, 7) is 3.33. The lowest BCUT2D eigenvalue weighted by molar-refractivity contribution is -0.131. The summed E-state index contributed by atoms with van der Waals surface area (Å²) in [5.41, 5.74) is 1.48. The van der Waals surface area contributed by atoms with Crippen LogP contribution in [0, 0.1) is 9.49 Å². The number of nitrogens with one attached hydrogen (secondary N) is 1. The van der Waals surface area contributed by atoms with Crippen molar-refractivity contribution < 1.29 is 29.3 Å². The predicted molar refractivity (Wildman–Crippen MR) is 125 cm³/mol. The van der Waals surface area contributed by atoms with Crippen LogP contribution in [-0.4, -0.2) is 28.1 Å². The maximum absolute atomic E-state index is 12.6. The number of amides is 1. The van der Waals surface area contributed by atoms with Crippen LogP contribution >= 0.6 is 22.6 Å². The van der Waals surface area contributed by atoms with Crippen molar-refractivity contribution in [2.45, 2.75) is 32.8 Å². The van der Waals surface area contributed by atoms with Crippen molar-refractivity contribution in [3.05, 3.63) is 69.3 Å². The largest absolute Gasteiger partial charge is 0.508 e. The van der Waals surface area contributed by atoms with Gasteiger partial charge in [-0.05, 0) is 90.7 Å². The number of Topliss-reactive ketones (excluding diaryl/α,β-unsaturated/α-hetero) is 1. The van der Waals surface area contributed by atoms with Gasteiger partial charge in [0.25, 0.3) is 0 Å². The molecule has 0 saturated heterocycles. The van der Waals surface area contributed by atoms with Gasteiger partial charge in [-0.25, -0.2) is 9.59 Å². The quantitative estimate of drug-likeness (QED) is 0.220. The van der Waals surface area contributed by atoms with Crippen molar-refractivity contribution in [3.8, 4) is 5.75 Å². The molecule has 1 amide bonds. The Morgan fingerprint density at radius 3 is 2.45 bits per heavy atom. The number of carboxylic acids is 1.